The van der Waals surface area contributed by atoms with Gasteiger partial charge in [0, 0.05) is 6.07 Å². The van der Waals surface area contributed by atoms with Crippen LogP contribution in [0.2, 0.25) is 0 Å². The van der Waals surface area contributed by atoms with E-state index in [2.05, 4.69) is 4.74 Å². The topological polar surface area (TPSA) is 87.9 Å². The molecular formula is C16H15NO6. The third-order valence-corrected chi connectivity index (χ3v) is 2.90. The van der Waals surface area contributed by atoms with Crippen molar-refractivity contribution in [1.29, 1.82) is 0 Å². The first-order chi connectivity index (χ1) is 11.1. The highest BCUT2D eigenvalue weighted by Crippen LogP contribution is 2.19. The molecule has 0 bridgehead atoms. The highest BCUT2D eigenvalue weighted by molar-refractivity contribution is 5.89. The number of hydrogen-bond acceptors (Lipinski definition) is 6. The molecule has 0 unspecified atom stereocenters. The van der Waals surface area contributed by atoms with Crippen LogP contribution in [0.1, 0.15) is 10.4 Å². The zero-order chi connectivity index (χ0) is 16.7. The zero-order valence-corrected chi connectivity index (χ0v) is 12.4. The molecule has 2 aromatic carbocycles. The Morgan fingerprint density at radius 2 is 1.65 bits per heavy atom. The number of nitro benzene ring substituents is 1. The van der Waals surface area contributed by atoms with Crippen molar-refractivity contribution in [2.75, 3.05) is 20.3 Å². The van der Waals surface area contributed by atoms with Crippen molar-refractivity contribution in [2.24, 2.45) is 0 Å². The van der Waals surface area contributed by atoms with E-state index in [-0.39, 0.29) is 18.9 Å². The predicted octanol–water partition coefficient (Wildman–Crippen LogP) is 2.84. The molecule has 0 aliphatic rings. The Bertz CT molecular complexity index is 700. The molecule has 7 nitrogen and oxygen atoms in total. The van der Waals surface area contributed by atoms with Gasteiger partial charge in [0.05, 0.1) is 23.7 Å². The van der Waals surface area contributed by atoms with E-state index in [1.54, 1.807) is 36.4 Å². The maximum Gasteiger partial charge on any atom is 0.337 e. The first kappa shape index (κ1) is 16.3. The lowest BCUT2D eigenvalue weighted by Crippen LogP contribution is -2.09. The number of esters is 1. The van der Waals surface area contributed by atoms with Crippen LogP contribution in [0, 0.1) is 10.1 Å². The maximum atomic E-state index is 11.4. The van der Waals surface area contributed by atoms with E-state index >= 15 is 0 Å². The van der Waals surface area contributed by atoms with Crippen molar-refractivity contribution in [3.05, 3.63) is 64.2 Å². The van der Waals surface area contributed by atoms with Crippen LogP contribution in [0.3, 0.4) is 0 Å². The summed E-state index contributed by atoms with van der Waals surface area (Å²) in [5.41, 5.74) is 0.360. The summed E-state index contributed by atoms with van der Waals surface area (Å²) in [6.07, 6.45) is 0. The standard InChI is InChI=1S/C16H15NO6/c1-21-16(18)12-4-2-6-14(10-12)22-8-9-23-15-7-3-5-13(11-15)17(19)20/h2-7,10-11H,8-9H2,1H3. The van der Waals surface area contributed by atoms with Gasteiger partial charge in [-0.25, -0.2) is 4.79 Å². The first-order valence-corrected chi connectivity index (χ1v) is 6.78. The molecule has 0 saturated heterocycles. The molecule has 0 fully saturated rings. The van der Waals surface area contributed by atoms with E-state index in [9.17, 15) is 14.9 Å². The second-order valence-corrected chi connectivity index (χ2v) is 4.47. The van der Waals surface area contributed by atoms with Gasteiger partial charge >= 0.3 is 5.97 Å². The van der Waals surface area contributed by atoms with Crippen molar-refractivity contribution in [3.8, 4) is 11.5 Å². The van der Waals surface area contributed by atoms with Crippen LogP contribution in [0.4, 0.5) is 5.69 Å². The molecule has 7 heteroatoms. The number of rotatable bonds is 7. The molecular weight excluding hydrogens is 302 g/mol. The summed E-state index contributed by atoms with van der Waals surface area (Å²) in [5, 5.41) is 10.7. The van der Waals surface area contributed by atoms with E-state index in [4.69, 9.17) is 9.47 Å². The summed E-state index contributed by atoms with van der Waals surface area (Å²) in [6.45, 7) is 0.441. The molecule has 0 aliphatic carbocycles. The number of nitrogens with zero attached hydrogens (tertiary/aromatic N) is 1. The Labute approximate surface area is 132 Å². The van der Waals surface area contributed by atoms with E-state index in [0.29, 0.717) is 17.1 Å². The lowest BCUT2D eigenvalue weighted by molar-refractivity contribution is -0.384. The van der Waals surface area contributed by atoms with E-state index in [0.717, 1.165) is 0 Å². The van der Waals surface area contributed by atoms with Crippen LogP contribution < -0.4 is 9.47 Å². The zero-order valence-electron chi connectivity index (χ0n) is 12.4. The summed E-state index contributed by atoms with van der Waals surface area (Å²) < 4.78 is 15.5. The van der Waals surface area contributed by atoms with E-state index < -0.39 is 10.9 Å². The number of methoxy groups -OCH3 is 1. The van der Waals surface area contributed by atoms with E-state index in [1.165, 1.54) is 19.2 Å². The molecule has 2 rings (SSSR count). The van der Waals surface area contributed by atoms with Gasteiger partial charge in [-0.05, 0) is 24.3 Å². The largest absolute Gasteiger partial charge is 0.490 e. The number of benzene rings is 2. The fourth-order valence-electron chi connectivity index (χ4n) is 1.84. The van der Waals surface area contributed by atoms with Gasteiger partial charge < -0.3 is 14.2 Å². The Kier molecular flexibility index (Phi) is 5.51. The molecule has 2 aromatic rings. The maximum absolute atomic E-state index is 11.4. The smallest absolute Gasteiger partial charge is 0.337 e. The molecule has 23 heavy (non-hydrogen) atoms. The molecule has 0 radical (unpaired) electrons. The average molecular weight is 317 g/mol. The molecule has 0 aliphatic heterocycles. The normalized spacial score (nSPS) is 9.96. The van der Waals surface area contributed by atoms with E-state index in [1.807, 2.05) is 0 Å². The predicted molar refractivity (Wildman–Crippen MR) is 81.9 cm³/mol. The minimum Gasteiger partial charge on any atom is -0.490 e. The van der Waals surface area contributed by atoms with Crippen LogP contribution in [-0.2, 0) is 4.74 Å². The molecule has 0 heterocycles. The minimum atomic E-state index is -0.484. The van der Waals surface area contributed by atoms with Crippen molar-refractivity contribution >= 4 is 11.7 Å². The SMILES string of the molecule is COC(=O)c1cccc(OCCOc2cccc([N+](=O)[O-])c2)c1. The van der Waals surface area contributed by atoms with Crippen LogP contribution in [0.25, 0.3) is 0 Å². The Hall–Kier alpha value is -3.09. The fraction of sp³-hybridized carbons (Fsp3) is 0.188. The van der Waals surface area contributed by atoms with Gasteiger partial charge in [-0.3, -0.25) is 10.1 Å². The lowest BCUT2D eigenvalue weighted by Gasteiger charge is -2.09. The summed E-state index contributed by atoms with van der Waals surface area (Å²) in [4.78, 5) is 21.6. The summed E-state index contributed by atoms with van der Waals surface area (Å²) >= 11 is 0. The highest BCUT2D eigenvalue weighted by Gasteiger charge is 2.07. The molecule has 0 N–H and O–H groups in total. The minimum absolute atomic E-state index is 0.0332. The number of carbonyl (C=O) groups excluding carboxylic acids is 1. The highest BCUT2D eigenvalue weighted by atomic mass is 16.6. The van der Waals surface area contributed by atoms with Gasteiger partial charge in [-0.15, -0.1) is 0 Å². The Morgan fingerprint density at radius 3 is 2.26 bits per heavy atom. The van der Waals surface area contributed by atoms with Crippen LogP contribution in [0.5, 0.6) is 11.5 Å². The molecule has 0 saturated carbocycles. The monoisotopic (exact) mass is 317 g/mol. The molecule has 0 spiro atoms. The Balaban J connectivity index is 1.85. The van der Waals surface area contributed by atoms with Crippen molar-refractivity contribution < 1.29 is 23.9 Å². The first-order valence-electron chi connectivity index (χ1n) is 6.78. The van der Waals surface area contributed by atoms with Gasteiger partial charge in [0.25, 0.3) is 5.69 Å². The summed E-state index contributed by atoms with van der Waals surface area (Å²) in [5.74, 6) is 0.463. The van der Waals surface area contributed by atoms with Crippen molar-refractivity contribution in [1.82, 2.24) is 0 Å². The fourth-order valence-corrected chi connectivity index (χ4v) is 1.84. The van der Waals surface area contributed by atoms with Crippen LogP contribution in [0.15, 0.2) is 48.5 Å². The number of carbonyl (C=O) groups is 1. The number of non-ortho nitro benzene ring substituents is 1. The third kappa shape index (κ3) is 4.70. The summed E-state index contributed by atoms with van der Waals surface area (Å²) in [7, 11) is 1.31. The number of nitro groups is 1. The van der Waals surface area contributed by atoms with Gasteiger partial charge in [0.15, 0.2) is 0 Å². The molecule has 0 aromatic heterocycles. The molecule has 0 atom stereocenters. The average Bonchev–Trinajstić information content (AvgIpc) is 2.58. The Morgan fingerprint density at radius 1 is 1.04 bits per heavy atom. The molecule has 0 amide bonds. The lowest BCUT2D eigenvalue weighted by atomic mass is 10.2. The van der Waals surface area contributed by atoms with Crippen LogP contribution in [-0.4, -0.2) is 31.2 Å². The number of ether oxygens (including phenoxy) is 3. The third-order valence-electron chi connectivity index (χ3n) is 2.90. The van der Waals surface area contributed by atoms with Gasteiger partial charge in [0.1, 0.15) is 24.7 Å². The quantitative estimate of drug-likeness (QED) is 0.338. The van der Waals surface area contributed by atoms with Crippen molar-refractivity contribution in [2.45, 2.75) is 0 Å². The van der Waals surface area contributed by atoms with Crippen LogP contribution >= 0.6 is 0 Å². The van der Waals surface area contributed by atoms with Gasteiger partial charge in [0.2, 0.25) is 0 Å². The summed E-state index contributed by atoms with van der Waals surface area (Å²) in [6, 6.07) is 12.5. The van der Waals surface area contributed by atoms with Gasteiger partial charge in [-0.1, -0.05) is 12.1 Å². The van der Waals surface area contributed by atoms with Crippen molar-refractivity contribution in [3.63, 3.8) is 0 Å². The van der Waals surface area contributed by atoms with Gasteiger partial charge in [-0.2, -0.15) is 0 Å². The number of hydrogen-bond donors (Lipinski definition) is 0. The second-order valence-electron chi connectivity index (χ2n) is 4.47. The second kappa shape index (κ2) is 7.79. The molecule has 120 valence electrons.